The van der Waals surface area contributed by atoms with Gasteiger partial charge in [0.25, 0.3) is 0 Å². The van der Waals surface area contributed by atoms with Gasteiger partial charge in [-0.05, 0) is 37.8 Å². The first kappa shape index (κ1) is 13.7. The van der Waals surface area contributed by atoms with Crippen molar-refractivity contribution < 1.29 is 4.79 Å². The van der Waals surface area contributed by atoms with Crippen LogP contribution in [0, 0.1) is 11.3 Å². The Labute approximate surface area is 100 Å². The van der Waals surface area contributed by atoms with Crippen LogP contribution in [0.15, 0.2) is 0 Å². The first-order valence-corrected chi connectivity index (χ1v) is 6.82. The predicted molar refractivity (Wildman–Crippen MR) is 68.5 cm³/mol. The molecule has 0 aromatic rings. The normalized spacial score (nSPS) is 31.1. The number of rotatable bonds is 5. The van der Waals surface area contributed by atoms with E-state index in [0.717, 1.165) is 38.9 Å². The minimum Gasteiger partial charge on any atom is -0.303 e. The highest BCUT2D eigenvalue weighted by atomic mass is 16.1. The molecule has 0 amide bonds. The molecule has 2 nitrogen and oxygen atoms in total. The molecule has 0 saturated heterocycles. The lowest BCUT2D eigenvalue weighted by molar-refractivity contribution is -0.131. The van der Waals surface area contributed by atoms with E-state index in [1.54, 1.807) is 0 Å². The Morgan fingerprint density at radius 1 is 1.31 bits per heavy atom. The van der Waals surface area contributed by atoms with Gasteiger partial charge in [0.15, 0.2) is 0 Å². The first-order chi connectivity index (χ1) is 7.57. The van der Waals surface area contributed by atoms with Gasteiger partial charge in [0.05, 0.1) is 0 Å². The second kappa shape index (κ2) is 5.81. The van der Waals surface area contributed by atoms with Crippen LogP contribution in [-0.4, -0.2) is 30.3 Å². The van der Waals surface area contributed by atoms with Crippen LogP contribution in [0.4, 0.5) is 0 Å². The van der Waals surface area contributed by atoms with Gasteiger partial charge in [-0.2, -0.15) is 0 Å². The van der Waals surface area contributed by atoms with Gasteiger partial charge in [-0.1, -0.05) is 27.7 Å². The molecule has 1 rings (SSSR count). The zero-order valence-corrected chi connectivity index (χ0v) is 11.4. The van der Waals surface area contributed by atoms with Gasteiger partial charge in [-0.25, -0.2) is 0 Å². The molecule has 0 spiro atoms. The van der Waals surface area contributed by atoms with Gasteiger partial charge in [-0.15, -0.1) is 0 Å². The molecule has 0 aromatic heterocycles. The molecule has 1 aliphatic carbocycles. The average Bonchev–Trinajstić information content (AvgIpc) is 2.29. The summed E-state index contributed by atoms with van der Waals surface area (Å²) in [5.41, 5.74) is 0.248. The quantitative estimate of drug-likeness (QED) is 0.716. The van der Waals surface area contributed by atoms with Crippen LogP contribution in [-0.2, 0) is 4.79 Å². The Bertz CT molecular complexity index is 235. The maximum absolute atomic E-state index is 12.1. The number of ketones is 1. The van der Waals surface area contributed by atoms with E-state index in [4.69, 9.17) is 0 Å². The maximum atomic E-state index is 12.1. The third kappa shape index (κ3) is 2.85. The molecule has 2 unspecified atom stereocenters. The zero-order chi connectivity index (χ0) is 12.2. The second-order valence-corrected chi connectivity index (χ2v) is 5.37. The van der Waals surface area contributed by atoms with Crippen LogP contribution in [0.1, 0.15) is 53.4 Å². The molecule has 1 fully saturated rings. The highest BCUT2D eigenvalue weighted by molar-refractivity contribution is 5.82. The molecule has 16 heavy (non-hydrogen) atoms. The number of hydrogen-bond donors (Lipinski definition) is 0. The van der Waals surface area contributed by atoms with E-state index in [1.807, 2.05) is 0 Å². The number of hydrogen-bond acceptors (Lipinski definition) is 2. The second-order valence-electron chi connectivity index (χ2n) is 5.37. The third-order valence-corrected chi connectivity index (χ3v) is 4.54. The van der Waals surface area contributed by atoms with Crippen molar-refractivity contribution in [3.8, 4) is 0 Å². The van der Waals surface area contributed by atoms with Crippen molar-refractivity contribution in [2.75, 3.05) is 19.6 Å². The van der Waals surface area contributed by atoms with Crippen molar-refractivity contribution in [3.63, 3.8) is 0 Å². The largest absolute Gasteiger partial charge is 0.303 e. The van der Waals surface area contributed by atoms with E-state index >= 15 is 0 Å². The Balaban J connectivity index is 2.74. The molecule has 2 heteroatoms. The van der Waals surface area contributed by atoms with E-state index < -0.39 is 0 Å². The minimum absolute atomic E-state index is 0.248. The van der Waals surface area contributed by atoms with Gasteiger partial charge in [0, 0.05) is 18.9 Å². The van der Waals surface area contributed by atoms with Crippen molar-refractivity contribution in [1.82, 2.24) is 4.90 Å². The highest BCUT2D eigenvalue weighted by Crippen LogP contribution is 2.42. The molecule has 0 radical (unpaired) electrons. The highest BCUT2D eigenvalue weighted by Gasteiger charge is 2.40. The van der Waals surface area contributed by atoms with Crippen LogP contribution >= 0.6 is 0 Å². The van der Waals surface area contributed by atoms with Crippen molar-refractivity contribution in [3.05, 3.63) is 0 Å². The van der Waals surface area contributed by atoms with Crippen molar-refractivity contribution >= 4 is 5.78 Å². The summed E-state index contributed by atoms with van der Waals surface area (Å²) in [7, 11) is 0. The van der Waals surface area contributed by atoms with Gasteiger partial charge < -0.3 is 4.90 Å². The number of carbonyl (C=O) groups excluding carboxylic acids is 1. The molecule has 0 aliphatic heterocycles. The topological polar surface area (TPSA) is 20.3 Å². The fraction of sp³-hybridized carbons (Fsp3) is 0.929. The summed E-state index contributed by atoms with van der Waals surface area (Å²) >= 11 is 0. The van der Waals surface area contributed by atoms with Crippen LogP contribution in [0.3, 0.4) is 0 Å². The van der Waals surface area contributed by atoms with E-state index in [0.29, 0.717) is 5.78 Å². The molecule has 2 atom stereocenters. The van der Waals surface area contributed by atoms with Crippen molar-refractivity contribution in [2.45, 2.75) is 53.4 Å². The van der Waals surface area contributed by atoms with Crippen LogP contribution in [0.2, 0.25) is 0 Å². The number of Topliss-reactive ketones (excluding diaryl/α,β-unsaturated/α-hetero) is 1. The number of nitrogens with zero attached hydrogens (tertiary/aromatic N) is 1. The van der Waals surface area contributed by atoms with Gasteiger partial charge in [-0.3, -0.25) is 4.79 Å². The smallest absolute Gasteiger partial charge is 0.137 e. The standard InChI is InChI=1S/C14H27NO/c1-5-14(4)10-8-9-13(16)12(14)11-15(6-2)7-3/h12H,5-11H2,1-4H3. The van der Waals surface area contributed by atoms with E-state index in [-0.39, 0.29) is 11.3 Å². The van der Waals surface area contributed by atoms with Crippen molar-refractivity contribution in [1.29, 1.82) is 0 Å². The monoisotopic (exact) mass is 225 g/mol. The Kier molecular flexibility index (Phi) is 4.97. The minimum atomic E-state index is 0.248. The average molecular weight is 225 g/mol. The van der Waals surface area contributed by atoms with Crippen molar-refractivity contribution in [2.24, 2.45) is 11.3 Å². The van der Waals surface area contributed by atoms with Crippen LogP contribution < -0.4 is 0 Å². The lowest BCUT2D eigenvalue weighted by atomic mass is 9.65. The summed E-state index contributed by atoms with van der Waals surface area (Å²) in [5.74, 6) is 0.772. The number of carbonyl (C=O) groups is 1. The Morgan fingerprint density at radius 3 is 2.44 bits per heavy atom. The summed E-state index contributed by atoms with van der Waals surface area (Å²) < 4.78 is 0. The molecular weight excluding hydrogens is 198 g/mol. The lowest BCUT2D eigenvalue weighted by Gasteiger charge is -2.42. The molecule has 0 aromatic carbocycles. The van der Waals surface area contributed by atoms with E-state index in [9.17, 15) is 4.79 Å². The molecular formula is C14H27NO. The lowest BCUT2D eigenvalue weighted by Crippen LogP contribution is -2.44. The SMILES string of the molecule is CCN(CC)CC1C(=O)CCCC1(C)CC. The van der Waals surface area contributed by atoms with E-state index in [2.05, 4.69) is 32.6 Å². The summed E-state index contributed by atoms with van der Waals surface area (Å²) in [6.07, 6.45) is 4.26. The zero-order valence-electron chi connectivity index (χ0n) is 11.4. The van der Waals surface area contributed by atoms with Gasteiger partial charge in [0.2, 0.25) is 0 Å². The molecule has 1 aliphatic rings. The predicted octanol–water partition coefficient (Wildman–Crippen LogP) is 3.11. The van der Waals surface area contributed by atoms with E-state index in [1.165, 1.54) is 6.42 Å². The Morgan fingerprint density at radius 2 is 1.94 bits per heavy atom. The molecule has 94 valence electrons. The molecule has 0 N–H and O–H groups in total. The van der Waals surface area contributed by atoms with Crippen LogP contribution in [0.5, 0.6) is 0 Å². The van der Waals surface area contributed by atoms with Gasteiger partial charge in [0.1, 0.15) is 5.78 Å². The third-order valence-electron chi connectivity index (χ3n) is 4.54. The summed E-state index contributed by atoms with van der Waals surface area (Å²) in [6, 6.07) is 0. The fourth-order valence-electron chi connectivity index (χ4n) is 2.89. The maximum Gasteiger partial charge on any atom is 0.137 e. The van der Waals surface area contributed by atoms with Crippen LogP contribution in [0.25, 0.3) is 0 Å². The molecule has 0 heterocycles. The molecule has 0 bridgehead atoms. The van der Waals surface area contributed by atoms with Gasteiger partial charge >= 0.3 is 0 Å². The first-order valence-electron chi connectivity index (χ1n) is 6.82. The summed E-state index contributed by atoms with van der Waals surface area (Å²) in [6.45, 7) is 12.0. The Hall–Kier alpha value is -0.370. The fourth-order valence-corrected chi connectivity index (χ4v) is 2.89. The summed E-state index contributed by atoms with van der Waals surface area (Å²) in [5, 5.41) is 0. The molecule has 1 saturated carbocycles. The summed E-state index contributed by atoms with van der Waals surface area (Å²) in [4.78, 5) is 14.5.